The van der Waals surface area contributed by atoms with Crippen LogP contribution in [0.2, 0.25) is 0 Å². The molecule has 0 saturated carbocycles. The van der Waals surface area contributed by atoms with Crippen LogP contribution in [0.1, 0.15) is 55.6 Å². The molecule has 22 heavy (non-hydrogen) atoms. The summed E-state index contributed by atoms with van der Waals surface area (Å²) in [5.74, 6) is 0.136. The maximum atomic E-state index is 12.7. The molecule has 0 N–H and O–H groups in total. The van der Waals surface area contributed by atoms with E-state index in [0.717, 1.165) is 25.2 Å². The van der Waals surface area contributed by atoms with E-state index >= 15 is 0 Å². The Morgan fingerprint density at radius 2 is 1.91 bits per heavy atom. The lowest BCUT2D eigenvalue weighted by atomic mass is 10.0. The molecule has 3 atom stereocenters. The standard InChI is InChI=1S/C18H27N3O/c1-13-6-9-16(11-19-13)18(22)20-10-4-5-17(12-20)21-14(2)7-8-15(21)3/h6,9,11,14-15,17H,4-5,7-8,10,12H2,1-3H3/t14-,15-,17+/m1/s1. The Kier molecular flexibility index (Phi) is 4.48. The predicted octanol–water partition coefficient (Wildman–Crippen LogP) is 2.87. The van der Waals surface area contributed by atoms with Gasteiger partial charge in [0, 0.05) is 43.1 Å². The minimum absolute atomic E-state index is 0.136. The largest absolute Gasteiger partial charge is 0.337 e. The van der Waals surface area contributed by atoms with Gasteiger partial charge in [-0.25, -0.2) is 0 Å². The summed E-state index contributed by atoms with van der Waals surface area (Å²) in [6, 6.07) is 5.63. The van der Waals surface area contributed by atoms with Crippen LogP contribution in [0.15, 0.2) is 18.3 Å². The van der Waals surface area contributed by atoms with Crippen molar-refractivity contribution in [3.63, 3.8) is 0 Å². The van der Waals surface area contributed by atoms with Gasteiger partial charge in [0.1, 0.15) is 0 Å². The van der Waals surface area contributed by atoms with Crippen molar-refractivity contribution >= 4 is 5.91 Å². The number of carbonyl (C=O) groups excluding carboxylic acids is 1. The highest BCUT2D eigenvalue weighted by Crippen LogP contribution is 2.30. The lowest BCUT2D eigenvalue weighted by molar-refractivity contribution is 0.0486. The third-order valence-corrected chi connectivity index (χ3v) is 5.28. The number of aryl methyl sites for hydroxylation is 1. The summed E-state index contributed by atoms with van der Waals surface area (Å²) in [5.41, 5.74) is 1.67. The molecule has 2 aliphatic heterocycles. The van der Waals surface area contributed by atoms with E-state index in [-0.39, 0.29) is 5.91 Å². The average Bonchev–Trinajstić information content (AvgIpc) is 2.86. The number of hydrogen-bond donors (Lipinski definition) is 0. The number of pyridine rings is 1. The molecule has 1 amide bonds. The first kappa shape index (κ1) is 15.5. The fraction of sp³-hybridized carbons (Fsp3) is 0.667. The fourth-order valence-corrected chi connectivity index (χ4v) is 4.09. The van der Waals surface area contributed by atoms with E-state index in [2.05, 4.69) is 23.7 Å². The molecule has 0 bridgehead atoms. The first-order chi connectivity index (χ1) is 10.6. The quantitative estimate of drug-likeness (QED) is 0.843. The van der Waals surface area contributed by atoms with E-state index in [0.29, 0.717) is 23.7 Å². The Morgan fingerprint density at radius 3 is 2.55 bits per heavy atom. The first-order valence-corrected chi connectivity index (χ1v) is 8.55. The zero-order chi connectivity index (χ0) is 15.7. The molecule has 3 heterocycles. The Bertz CT molecular complexity index is 518. The zero-order valence-electron chi connectivity index (χ0n) is 14.0. The molecule has 2 fully saturated rings. The molecule has 120 valence electrons. The summed E-state index contributed by atoms with van der Waals surface area (Å²) in [6.45, 7) is 8.34. The third kappa shape index (κ3) is 3.02. The van der Waals surface area contributed by atoms with Crippen LogP contribution >= 0.6 is 0 Å². The molecule has 0 aliphatic carbocycles. The van der Waals surface area contributed by atoms with Crippen LogP contribution in [-0.2, 0) is 0 Å². The third-order valence-electron chi connectivity index (χ3n) is 5.28. The van der Waals surface area contributed by atoms with Crippen LogP contribution in [0.4, 0.5) is 0 Å². The highest BCUT2D eigenvalue weighted by atomic mass is 16.2. The molecule has 0 unspecified atom stereocenters. The summed E-state index contributed by atoms with van der Waals surface area (Å²) < 4.78 is 0. The Hall–Kier alpha value is -1.42. The van der Waals surface area contributed by atoms with Crippen molar-refractivity contribution < 1.29 is 4.79 Å². The smallest absolute Gasteiger partial charge is 0.255 e. The molecule has 1 aromatic rings. The van der Waals surface area contributed by atoms with Crippen molar-refractivity contribution in [3.8, 4) is 0 Å². The number of nitrogens with zero attached hydrogens (tertiary/aromatic N) is 3. The zero-order valence-corrected chi connectivity index (χ0v) is 14.0. The topological polar surface area (TPSA) is 36.4 Å². The first-order valence-electron chi connectivity index (χ1n) is 8.55. The molecule has 0 spiro atoms. The number of likely N-dealkylation sites (tertiary alicyclic amines) is 2. The van der Waals surface area contributed by atoms with Crippen molar-refractivity contribution in [2.24, 2.45) is 0 Å². The molecule has 3 rings (SSSR count). The summed E-state index contributed by atoms with van der Waals surface area (Å²) in [6.07, 6.45) is 6.60. The summed E-state index contributed by atoms with van der Waals surface area (Å²) >= 11 is 0. The molecule has 4 heteroatoms. The fourth-order valence-electron chi connectivity index (χ4n) is 4.09. The SMILES string of the molecule is Cc1ccc(C(=O)N2CCC[C@H](N3[C@H](C)CC[C@H]3C)C2)cn1. The van der Waals surface area contributed by atoms with Crippen LogP contribution in [0, 0.1) is 6.92 Å². The maximum absolute atomic E-state index is 12.7. The second kappa shape index (κ2) is 6.37. The highest BCUT2D eigenvalue weighted by Gasteiger charge is 2.36. The van der Waals surface area contributed by atoms with Crippen LogP contribution in [0.5, 0.6) is 0 Å². The second-order valence-corrected chi connectivity index (χ2v) is 6.96. The van der Waals surface area contributed by atoms with Crippen molar-refractivity contribution in [1.29, 1.82) is 0 Å². The van der Waals surface area contributed by atoms with E-state index < -0.39 is 0 Å². The second-order valence-electron chi connectivity index (χ2n) is 6.96. The number of hydrogen-bond acceptors (Lipinski definition) is 3. The monoisotopic (exact) mass is 301 g/mol. The Balaban J connectivity index is 1.70. The predicted molar refractivity (Wildman–Crippen MR) is 87.9 cm³/mol. The van der Waals surface area contributed by atoms with Gasteiger partial charge in [-0.2, -0.15) is 0 Å². The Labute approximate surface area is 133 Å². The van der Waals surface area contributed by atoms with Gasteiger partial charge in [0.2, 0.25) is 0 Å². The Morgan fingerprint density at radius 1 is 1.18 bits per heavy atom. The number of aromatic nitrogens is 1. The maximum Gasteiger partial charge on any atom is 0.255 e. The van der Waals surface area contributed by atoms with Crippen molar-refractivity contribution in [2.45, 2.75) is 64.6 Å². The van der Waals surface area contributed by atoms with Gasteiger partial charge >= 0.3 is 0 Å². The summed E-state index contributed by atoms with van der Waals surface area (Å²) in [7, 11) is 0. The van der Waals surface area contributed by atoms with E-state index in [4.69, 9.17) is 0 Å². The van der Waals surface area contributed by atoms with Gasteiger partial charge in [-0.15, -0.1) is 0 Å². The van der Waals surface area contributed by atoms with Gasteiger partial charge in [0.15, 0.2) is 0 Å². The van der Waals surface area contributed by atoms with Gasteiger partial charge in [-0.1, -0.05) is 0 Å². The highest BCUT2D eigenvalue weighted by molar-refractivity contribution is 5.94. The van der Waals surface area contributed by atoms with E-state index in [1.807, 2.05) is 24.0 Å². The number of amides is 1. The van der Waals surface area contributed by atoms with E-state index in [1.54, 1.807) is 6.20 Å². The van der Waals surface area contributed by atoms with Crippen LogP contribution < -0.4 is 0 Å². The normalized spacial score (nSPS) is 29.8. The molecule has 1 aromatic heterocycles. The number of carbonyl (C=O) groups is 1. The molecule has 4 nitrogen and oxygen atoms in total. The summed E-state index contributed by atoms with van der Waals surface area (Å²) in [4.78, 5) is 21.6. The lowest BCUT2D eigenvalue weighted by Gasteiger charge is -2.41. The van der Waals surface area contributed by atoms with Gasteiger partial charge in [-0.3, -0.25) is 14.7 Å². The lowest BCUT2D eigenvalue weighted by Crippen LogP contribution is -2.52. The van der Waals surface area contributed by atoms with E-state index in [9.17, 15) is 4.79 Å². The van der Waals surface area contributed by atoms with E-state index in [1.165, 1.54) is 19.3 Å². The molecular weight excluding hydrogens is 274 g/mol. The molecule has 0 aromatic carbocycles. The van der Waals surface area contributed by atoms with Crippen molar-refractivity contribution in [2.75, 3.05) is 13.1 Å². The van der Waals surface area contributed by atoms with Gasteiger partial charge < -0.3 is 4.90 Å². The molecule has 2 aliphatic rings. The average molecular weight is 301 g/mol. The van der Waals surface area contributed by atoms with Crippen LogP contribution in [0.3, 0.4) is 0 Å². The van der Waals surface area contributed by atoms with Gasteiger partial charge in [0.25, 0.3) is 5.91 Å². The molecule has 2 saturated heterocycles. The van der Waals surface area contributed by atoms with Crippen LogP contribution in [-0.4, -0.2) is 51.9 Å². The number of rotatable bonds is 2. The minimum Gasteiger partial charge on any atom is -0.337 e. The summed E-state index contributed by atoms with van der Waals surface area (Å²) in [5, 5.41) is 0. The molecule has 0 radical (unpaired) electrons. The van der Waals surface area contributed by atoms with Gasteiger partial charge in [0.05, 0.1) is 5.56 Å². The van der Waals surface area contributed by atoms with Gasteiger partial charge in [-0.05, 0) is 58.6 Å². The number of piperidine rings is 1. The van der Waals surface area contributed by atoms with Crippen molar-refractivity contribution in [1.82, 2.24) is 14.8 Å². The molecular formula is C18H27N3O. The van der Waals surface area contributed by atoms with Crippen LogP contribution in [0.25, 0.3) is 0 Å². The van der Waals surface area contributed by atoms with Crippen molar-refractivity contribution in [3.05, 3.63) is 29.6 Å². The minimum atomic E-state index is 0.136.